The Morgan fingerprint density at radius 2 is 1.54 bits per heavy atom. The highest BCUT2D eigenvalue weighted by Gasteiger charge is 2.26. The van der Waals surface area contributed by atoms with E-state index >= 15 is 0 Å². The summed E-state index contributed by atoms with van der Waals surface area (Å²) in [7, 11) is 0. The minimum atomic E-state index is -1.75. The van der Waals surface area contributed by atoms with Gasteiger partial charge >= 0.3 is 5.97 Å². The summed E-state index contributed by atoms with van der Waals surface area (Å²) in [6.07, 6.45) is 0.924. The van der Waals surface area contributed by atoms with Crippen molar-refractivity contribution in [1.82, 2.24) is 0 Å². The normalized spacial score (nSPS) is 19.1. The van der Waals surface area contributed by atoms with E-state index < -0.39 is 52.5 Å². The van der Waals surface area contributed by atoms with Crippen LogP contribution in [0.25, 0.3) is 0 Å². The number of hydrogen-bond acceptors (Lipinski definition) is 3. The minimum absolute atomic E-state index is 0. The number of carbonyl (C=O) groups is 1. The lowest BCUT2D eigenvalue weighted by Gasteiger charge is -2.27. The van der Waals surface area contributed by atoms with Crippen LogP contribution in [-0.4, -0.2) is 12.6 Å². The Bertz CT molecular complexity index is 830. The van der Waals surface area contributed by atoms with Gasteiger partial charge in [-0.2, -0.15) is 0 Å². The van der Waals surface area contributed by atoms with E-state index in [9.17, 15) is 26.7 Å². The summed E-state index contributed by atoms with van der Waals surface area (Å²) < 4.78 is 78.0. The molecular formula is C20H19F5O3. The number of benzene rings is 2. The molecule has 3 nitrogen and oxygen atoms in total. The molecule has 0 aliphatic carbocycles. The molecule has 8 heteroatoms. The van der Waals surface area contributed by atoms with Crippen molar-refractivity contribution in [2.24, 2.45) is 5.92 Å². The molecule has 1 aliphatic rings. The van der Waals surface area contributed by atoms with E-state index in [2.05, 4.69) is 4.74 Å². The maximum absolute atomic E-state index is 14.3. The maximum Gasteiger partial charge on any atom is 0.349 e. The van der Waals surface area contributed by atoms with Gasteiger partial charge < -0.3 is 9.47 Å². The molecule has 1 unspecified atom stereocenters. The predicted octanol–water partition coefficient (Wildman–Crippen LogP) is 5.73. The highest BCUT2D eigenvalue weighted by molar-refractivity contribution is 5.91. The van der Waals surface area contributed by atoms with E-state index in [1.54, 1.807) is 0 Å². The molecule has 3 rings (SSSR count). The van der Waals surface area contributed by atoms with Crippen molar-refractivity contribution in [2.45, 2.75) is 33.3 Å². The lowest BCUT2D eigenvalue weighted by molar-refractivity contribution is -0.0126. The molecule has 2 aromatic rings. The minimum Gasteiger partial charge on any atom is -0.423 e. The fraction of sp³-hybridized carbons (Fsp3) is 0.350. The van der Waals surface area contributed by atoms with Gasteiger partial charge in [-0.25, -0.2) is 26.7 Å². The summed E-state index contributed by atoms with van der Waals surface area (Å²) in [5, 5.41) is 0. The molecule has 2 aromatic carbocycles. The second kappa shape index (κ2) is 8.68. The van der Waals surface area contributed by atoms with Crippen LogP contribution in [-0.2, 0) is 4.74 Å². The van der Waals surface area contributed by atoms with Gasteiger partial charge in [0.1, 0.15) is 22.9 Å². The number of halogens is 5. The van der Waals surface area contributed by atoms with Crippen LogP contribution >= 0.6 is 0 Å². The van der Waals surface area contributed by atoms with Crippen molar-refractivity contribution < 1.29 is 36.2 Å². The van der Waals surface area contributed by atoms with Gasteiger partial charge in [0, 0.05) is 18.7 Å². The van der Waals surface area contributed by atoms with Crippen molar-refractivity contribution in [3.63, 3.8) is 0 Å². The monoisotopic (exact) mass is 402 g/mol. The van der Waals surface area contributed by atoms with Crippen molar-refractivity contribution >= 4 is 5.97 Å². The molecule has 0 amide bonds. The summed E-state index contributed by atoms with van der Waals surface area (Å²) in [4.78, 5) is 12.0. The molecule has 0 bridgehead atoms. The topological polar surface area (TPSA) is 35.5 Å². The first kappa shape index (κ1) is 21.8. The Labute approximate surface area is 159 Å². The number of rotatable bonds is 3. The molecule has 0 saturated carbocycles. The number of ether oxygens (including phenoxy) is 2. The molecule has 1 saturated heterocycles. The van der Waals surface area contributed by atoms with Crippen LogP contribution in [0.3, 0.4) is 0 Å². The fourth-order valence-electron chi connectivity index (χ4n) is 2.87. The van der Waals surface area contributed by atoms with Gasteiger partial charge in [0.2, 0.25) is 0 Å². The maximum atomic E-state index is 14.3. The van der Waals surface area contributed by atoms with E-state index in [-0.39, 0.29) is 13.0 Å². The van der Waals surface area contributed by atoms with Crippen LogP contribution in [0, 0.1) is 35.0 Å². The zero-order chi connectivity index (χ0) is 19.7. The Balaban J connectivity index is 0.00000280. The summed E-state index contributed by atoms with van der Waals surface area (Å²) in [5.41, 5.74) is -0.777. The average Bonchev–Trinajstić information content (AvgIpc) is 2.59. The first-order valence-corrected chi connectivity index (χ1v) is 8.23. The van der Waals surface area contributed by atoms with Gasteiger partial charge in [0.05, 0.1) is 6.10 Å². The van der Waals surface area contributed by atoms with Crippen molar-refractivity contribution in [3.8, 4) is 5.75 Å². The molecule has 0 aromatic heterocycles. The lowest BCUT2D eigenvalue weighted by Crippen LogP contribution is -2.20. The van der Waals surface area contributed by atoms with Crippen molar-refractivity contribution in [1.29, 1.82) is 0 Å². The second-order valence-corrected chi connectivity index (χ2v) is 6.45. The van der Waals surface area contributed by atoms with E-state index in [0.29, 0.717) is 31.1 Å². The third-order valence-corrected chi connectivity index (χ3v) is 4.31. The van der Waals surface area contributed by atoms with Gasteiger partial charge in [0.25, 0.3) is 0 Å². The molecule has 28 heavy (non-hydrogen) atoms. The summed E-state index contributed by atoms with van der Waals surface area (Å²) in [6.45, 7) is 2.46. The Morgan fingerprint density at radius 3 is 2.04 bits per heavy atom. The van der Waals surface area contributed by atoms with Gasteiger partial charge in [-0.15, -0.1) is 0 Å². The van der Waals surface area contributed by atoms with Crippen LogP contribution in [0.1, 0.15) is 49.2 Å². The third-order valence-electron chi connectivity index (χ3n) is 4.31. The first-order chi connectivity index (χ1) is 12.8. The molecule has 1 aliphatic heterocycles. The Kier molecular flexibility index (Phi) is 6.77. The SMILES string of the molecule is C.CC1CC[C@@H](c2cc(F)c(C(=O)Oc3cc(F)c(F)c(F)c3)c(F)c2)OC1. The van der Waals surface area contributed by atoms with E-state index in [0.717, 1.165) is 18.6 Å². The van der Waals surface area contributed by atoms with Gasteiger partial charge in [-0.05, 0) is 36.5 Å². The molecule has 1 heterocycles. The lowest BCUT2D eigenvalue weighted by atomic mass is 9.95. The van der Waals surface area contributed by atoms with E-state index in [1.165, 1.54) is 0 Å². The van der Waals surface area contributed by atoms with Crippen molar-refractivity contribution in [2.75, 3.05) is 6.61 Å². The average molecular weight is 402 g/mol. The van der Waals surface area contributed by atoms with Crippen LogP contribution in [0.2, 0.25) is 0 Å². The zero-order valence-corrected chi connectivity index (χ0v) is 14.2. The molecule has 2 atom stereocenters. The van der Waals surface area contributed by atoms with Crippen LogP contribution < -0.4 is 4.74 Å². The van der Waals surface area contributed by atoms with Crippen LogP contribution in [0.5, 0.6) is 5.75 Å². The van der Waals surface area contributed by atoms with Gasteiger partial charge in [-0.1, -0.05) is 14.4 Å². The van der Waals surface area contributed by atoms with Gasteiger partial charge in [0.15, 0.2) is 17.5 Å². The summed E-state index contributed by atoms with van der Waals surface area (Å²) in [5.74, 6) is -9.21. The Hall–Kier alpha value is -2.48. The number of hydrogen-bond donors (Lipinski definition) is 0. The summed E-state index contributed by atoms with van der Waals surface area (Å²) >= 11 is 0. The predicted molar refractivity (Wildman–Crippen MR) is 91.5 cm³/mol. The molecule has 1 fully saturated rings. The fourth-order valence-corrected chi connectivity index (χ4v) is 2.87. The summed E-state index contributed by atoms with van der Waals surface area (Å²) in [6, 6.07) is 2.73. The standard InChI is InChI=1S/C19H15F5O3.CH4/c1-9-2-3-16(26-8-9)10-4-12(20)17(13(21)5-10)19(25)27-11-6-14(22)18(24)15(23)7-11;/h4-7,9,16H,2-3,8H2,1H3;1H4/t9?,16-;/m0./s1. The quantitative estimate of drug-likeness (QED) is 0.285. The zero-order valence-electron chi connectivity index (χ0n) is 14.2. The highest BCUT2D eigenvalue weighted by atomic mass is 19.2. The van der Waals surface area contributed by atoms with E-state index in [1.807, 2.05) is 6.92 Å². The van der Waals surface area contributed by atoms with Crippen molar-refractivity contribution in [3.05, 3.63) is 64.5 Å². The Morgan fingerprint density at radius 1 is 0.964 bits per heavy atom. The number of carbonyl (C=O) groups excluding carboxylic acids is 1. The smallest absolute Gasteiger partial charge is 0.349 e. The molecule has 0 radical (unpaired) electrons. The number of esters is 1. The molecule has 0 spiro atoms. The molecule has 0 N–H and O–H groups in total. The van der Waals surface area contributed by atoms with E-state index in [4.69, 9.17) is 4.74 Å². The first-order valence-electron chi connectivity index (χ1n) is 8.23. The van der Waals surface area contributed by atoms with Crippen LogP contribution in [0.4, 0.5) is 22.0 Å². The third kappa shape index (κ3) is 4.49. The van der Waals surface area contributed by atoms with Gasteiger partial charge in [-0.3, -0.25) is 0 Å². The molecule has 152 valence electrons. The molecular weight excluding hydrogens is 383 g/mol. The van der Waals surface area contributed by atoms with Crippen LogP contribution in [0.15, 0.2) is 24.3 Å². The highest BCUT2D eigenvalue weighted by Crippen LogP contribution is 2.32. The largest absolute Gasteiger partial charge is 0.423 e. The second-order valence-electron chi connectivity index (χ2n) is 6.45.